The lowest BCUT2D eigenvalue weighted by molar-refractivity contribution is 0.0223. The predicted molar refractivity (Wildman–Crippen MR) is 121 cm³/mol. The predicted octanol–water partition coefficient (Wildman–Crippen LogP) is 1.57. The fourth-order valence-electron chi connectivity index (χ4n) is 4.12. The topological polar surface area (TPSA) is 83.7 Å². The Morgan fingerprint density at radius 3 is 2.87 bits per heavy atom. The van der Waals surface area contributed by atoms with Gasteiger partial charge in [-0.05, 0) is 31.4 Å². The van der Waals surface area contributed by atoms with Crippen molar-refractivity contribution in [2.45, 2.75) is 45.3 Å². The van der Waals surface area contributed by atoms with Crippen molar-refractivity contribution in [2.75, 3.05) is 50.8 Å². The van der Waals surface area contributed by atoms with E-state index in [0.29, 0.717) is 0 Å². The molecule has 9 heteroatoms. The standard InChI is InChI=1S/C22H34N8O/c1-2-20-27-26-18-30(20)11-10-24-22(25-17-19-7-4-6-16-31-19)29-14-12-28(13-15-29)21-8-3-5-9-23-21/h3,5,8-9,18-19H,2,4,6-7,10-17H2,1H3,(H,24,25). The van der Waals surface area contributed by atoms with E-state index in [-0.39, 0.29) is 6.10 Å². The van der Waals surface area contributed by atoms with Crippen LogP contribution in [0.25, 0.3) is 0 Å². The van der Waals surface area contributed by atoms with E-state index in [1.165, 1.54) is 12.8 Å². The van der Waals surface area contributed by atoms with Crippen LogP contribution >= 0.6 is 0 Å². The van der Waals surface area contributed by atoms with Gasteiger partial charge in [-0.1, -0.05) is 13.0 Å². The molecule has 0 saturated carbocycles. The Morgan fingerprint density at radius 2 is 2.13 bits per heavy atom. The number of aryl methyl sites for hydroxylation is 1. The van der Waals surface area contributed by atoms with Gasteiger partial charge in [0.1, 0.15) is 18.0 Å². The first kappa shape index (κ1) is 21.5. The number of guanidine groups is 1. The maximum atomic E-state index is 5.89. The Bertz CT molecular complexity index is 810. The summed E-state index contributed by atoms with van der Waals surface area (Å²) in [5.41, 5.74) is 0. The molecule has 2 aliphatic rings. The van der Waals surface area contributed by atoms with Crippen LogP contribution in [0.2, 0.25) is 0 Å². The smallest absolute Gasteiger partial charge is 0.194 e. The molecule has 0 amide bonds. The number of ether oxygens (including phenoxy) is 1. The molecule has 1 N–H and O–H groups in total. The van der Waals surface area contributed by atoms with E-state index in [2.05, 4.69) is 47.9 Å². The number of nitrogens with zero attached hydrogens (tertiary/aromatic N) is 7. The van der Waals surface area contributed by atoms with E-state index >= 15 is 0 Å². The minimum atomic E-state index is 0.241. The van der Waals surface area contributed by atoms with E-state index in [1.54, 1.807) is 6.33 Å². The first-order valence-corrected chi connectivity index (χ1v) is 11.5. The van der Waals surface area contributed by atoms with Gasteiger partial charge >= 0.3 is 0 Å². The van der Waals surface area contributed by atoms with Gasteiger partial charge in [-0.15, -0.1) is 10.2 Å². The molecule has 0 bridgehead atoms. The summed E-state index contributed by atoms with van der Waals surface area (Å²) in [6, 6.07) is 6.08. The van der Waals surface area contributed by atoms with E-state index in [0.717, 1.165) is 82.9 Å². The average molecular weight is 427 g/mol. The summed E-state index contributed by atoms with van der Waals surface area (Å²) in [6.07, 6.45) is 8.29. The van der Waals surface area contributed by atoms with Gasteiger partial charge in [-0.2, -0.15) is 0 Å². The lowest BCUT2D eigenvalue weighted by atomic mass is 10.1. The number of hydrogen-bond donors (Lipinski definition) is 1. The zero-order valence-corrected chi connectivity index (χ0v) is 18.5. The third kappa shape index (κ3) is 5.94. The van der Waals surface area contributed by atoms with Crippen LogP contribution in [0.5, 0.6) is 0 Å². The highest BCUT2D eigenvalue weighted by molar-refractivity contribution is 5.80. The number of rotatable bonds is 7. The quantitative estimate of drug-likeness (QED) is 0.531. The highest BCUT2D eigenvalue weighted by Gasteiger charge is 2.21. The van der Waals surface area contributed by atoms with E-state index in [1.807, 2.05) is 18.3 Å². The Labute approximate surface area is 184 Å². The van der Waals surface area contributed by atoms with Crippen molar-refractivity contribution >= 4 is 11.8 Å². The SMILES string of the molecule is CCc1nncn1CCNC(=NCC1CCCCO1)N1CCN(c2ccccn2)CC1. The summed E-state index contributed by atoms with van der Waals surface area (Å²) >= 11 is 0. The second kappa shape index (κ2) is 11.1. The molecule has 1 unspecified atom stereocenters. The fraction of sp³-hybridized carbons (Fsp3) is 0.636. The monoisotopic (exact) mass is 426 g/mol. The van der Waals surface area contributed by atoms with Gasteiger partial charge in [0.2, 0.25) is 0 Å². The number of pyridine rings is 1. The van der Waals surface area contributed by atoms with Crippen molar-refractivity contribution < 1.29 is 4.74 Å². The molecular formula is C22H34N8O. The number of hydrogen-bond acceptors (Lipinski definition) is 6. The Morgan fingerprint density at radius 1 is 1.23 bits per heavy atom. The van der Waals surface area contributed by atoms with Crippen molar-refractivity contribution in [3.8, 4) is 0 Å². The zero-order valence-electron chi connectivity index (χ0n) is 18.5. The van der Waals surface area contributed by atoms with Gasteiger partial charge < -0.3 is 24.4 Å². The maximum Gasteiger partial charge on any atom is 0.194 e. The molecule has 2 aromatic heterocycles. The van der Waals surface area contributed by atoms with Gasteiger partial charge in [0, 0.05) is 58.5 Å². The van der Waals surface area contributed by atoms with Crippen molar-refractivity contribution in [3.63, 3.8) is 0 Å². The summed E-state index contributed by atoms with van der Waals surface area (Å²) in [5, 5.41) is 11.8. The molecular weight excluding hydrogens is 392 g/mol. The highest BCUT2D eigenvalue weighted by Crippen LogP contribution is 2.14. The minimum Gasteiger partial charge on any atom is -0.376 e. The van der Waals surface area contributed by atoms with Crippen LogP contribution in [0.1, 0.15) is 32.0 Å². The number of nitrogens with one attached hydrogen (secondary N) is 1. The van der Waals surface area contributed by atoms with Crippen LogP contribution < -0.4 is 10.2 Å². The lowest BCUT2D eigenvalue weighted by Gasteiger charge is -2.37. The van der Waals surface area contributed by atoms with Gasteiger partial charge in [0.15, 0.2) is 5.96 Å². The molecule has 168 valence electrons. The number of aliphatic imine (C=N–C) groups is 1. The molecule has 9 nitrogen and oxygen atoms in total. The second-order valence-electron chi connectivity index (χ2n) is 8.04. The second-order valence-corrected chi connectivity index (χ2v) is 8.04. The van der Waals surface area contributed by atoms with Gasteiger partial charge in [0.05, 0.1) is 12.6 Å². The van der Waals surface area contributed by atoms with E-state index in [4.69, 9.17) is 9.73 Å². The van der Waals surface area contributed by atoms with Crippen molar-refractivity contribution in [2.24, 2.45) is 4.99 Å². The molecule has 4 heterocycles. The number of anilines is 1. The lowest BCUT2D eigenvalue weighted by Crippen LogP contribution is -2.53. The van der Waals surface area contributed by atoms with Crippen LogP contribution in [-0.4, -0.2) is 82.6 Å². The molecule has 4 rings (SSSR count). The Kier molecular flexibility index (Phi) is 7.71. The summed E-state index contributed by atoms with van der Waals surface area (Å²) in [6.45, 7) is 8.99. The maximum absolute atomic E-state index is 5.89. The summed E-state index contributed by atoms with van der Waals surface area (Å²) < 4.78 is 8.00. The van der Waals surface area contributed by atoms with Crippen LogP contribution in [0.4, 0.5) is 5.82 Å². The fourth-order valence-corrected chi connectivity index (χ4v) is 4.12. The highest BCUT2D eigenvalue weighted by atomic mass is 16.5. The molecule has 0 aromatic carbocycles. The molecule has 31 heavy (non-hydrogen) atoms. The molecule has 2 fully saturated rings. The summed E-state index contributed by atoms with van der Waals surface area (Å²) in [4.78, 5) is 14.1. The van der Waals surface area contributed by atoms with Gasteiger partial charge in [0.25, 0.3) is 0 Å². The van der Waals surface area contributed by atoms with Crippen molar-refractivity contribution in [1.82, 2.24) is 30.0 Å². The van der Waals surface area contributed by atoms with Crippen LogP contribution in [0.15, 0.2) is 35.7 Å². The third-order valence-electron chi connectivity index (χ3n) is 5.92. The number of piperazine rings is 1. The molecule has 2 saturated heterocycles. The van der Waals surface area contributed by atoms with Crippen LogP contribution in [0.3, 0.4) is 0 Å². The van der Waals surface area contributed by atoms with Crippen LogP contribution in [-0.2, 0) is 17.7 Å². The third-order valence-corrected chi connectivity index (χ3v) is 5.92. The van der Waals surface area contributed by atoms with E-state index in [9.17, 15) is 0 Å². The van der Waals surface area contributed by atoms with E-state index < -0.39 is 0 Å². The first-order chi connectivity index (χ1) is 15.3. The molecule has 0 spiro atoms. The molecule has 0 aliphatic carbocycles. The molecule has 1 atom stereocenters. The van der Waals surface area contributed by atoms with Crippen molar-refractivity contribution in [1.29, 1.82) is 0 Å². The van der Waals surface area contributed by atoms with Crippen LogP contribution in [0, 0.1) is 0 Å². The van der Waals surface area contributed by atoms with Gasteiger partial charge in [-0.25, -0.2) is 4.98 Å². The van der Waals surface area contributed by atoms with Gasteiger partial charge in [-0.3, -0.25) is 4.99 Å². The average Bonchev–Trinajstić information content (AvgIpc) is 3.30. The normalized spacial score (nSPS) is 20.2. The Balaban J connectivity index is 1.36. The zero-order chi connectivity index (χ0) is 21.3. The molecule has 0 radical (unpaired) electrons. The molecule has 2 aromatic rings. The Hall–Kier alpha value is -2.68. The summed E-state index contributed by atoms with van der Waals surface area (Å²) in [5.74, 6) is 3.03. The molecule has 2 aliphatic heterocycles. The first-order valence-electron chi connectivity index (χ1n) is 11.5. The van der Waals surface area contributed by atoms with Crippen molar-refractivity contribution in [3.05, 3.63) is 36.5 Å². The largest absolute Gasteiger partial charge is 0.376 e. The number of aromatic nitrogens is 4. The summed E-state index contributed by atoms with van der Waals surface area (Å²) in [7, 11) is 0. The minimum absolute atomic E-state index is 0.241.